The molecule has 2 spiro atoms. The number of anilines is 1. The Morgan fingerprint density at radius 3 is 2.47 bits per heavy atom. The zero-order valence-corrected chi connectivity index (χ0v) is 20.1. The Bertz CT molecular complexity index is 1080. The van der Waals surface area contributed by atoms with E-state index in [9.17, 15) is 9.81 Å². The van der Waals surface area contributed by atoms with E-state index in [4.69, 9.17) is 0 Å². The fourth-order valence-corrected chi connectivity index (χ4v) is 6.92. The Morgan fingerprint density at radius 1 is 1.16 bits per heavy atom. The highest BCUT2D eigenvalue weighted by Crippen LogP contribution is 2.73. The predicted molar refractivity (Wildman–Crippen MR) is 126 cm³/mol. The Kier molecular flexibility index (Phi) is 5.05. The summed E-state index contributed by atoms with van der Waals surface area (Å²) in [4.78, 5) is 11.3. The van der Waals surface area contributed by atoms with Gasteiger partial charge in [0.15, 0.2) is 0 Å². The lowest BCUT2D eigenvalue weighted by atomic mass is 9.65. The van der Waals surface area contributed by atoms with Gasteiger partial charge in [0.05, 0.1) is 6.04 Å². The van der Waals surface area contributed by atoms with Crippen LogP contribution in [0.1, 0.15) is 75.0 Å². The van der Waals surface area contributed by atoms with Crippen LogP contribution in [0.2, 0.25) is 0 Å². The lowest BCUT2D eigenvalue weighted by Crippen LogP contribution is -2.52. The second kappa shape index (κ2) is 7.44. The molecule has 2 aromatic rings. The van der Waals surface area contributed by atoms with Gasteiger partial charge in [-0.15, -0.1) is 4.72 Å². The van der Waals surface area contributed by atoms with E-state index in [-0.39, 0.29) is 21.6 Å². The average molecular weight is 450 g/mol. The number of hydrogen-bond acceptors (Lipinski definition) is 6. The number of hydrogen-bond donors (Lipinski definition) is 1. The molecule has 1 aliphatic heterocycles. The average Bonchev–Trinajstić information content (AvgIpc) is 3.55. The number of nitrogens with one attached hydrogen (secondary N) is 1. The minimum absolute atomic E-state index is 0.0377. The highest BCUT2D eigenvalue weighted by atomic mass is 32.2. The standard InChI is InChI=1S/C25H31N5OS/c1-17-15-18(16-26)28-22(27-17)30-13-11-25(12-14-30)21(29-32(31)23(2,3)4)19-7-5-6-8-20(19)24(25)9-10-24/h5-8,15,21,29H,9-14H2,1-4H3/t21-,32?/m1/s1. The third-order valence-electron chi connectivity index (χ3n) is 7.72. The van der Waals surface area contributed by atoms with Gasteiger partial charge in [-0.1, -0.05) is 24.3 Å². The Balaban J connectivity index is 1.48. The number of fused-ring (bicyclic) bond motifs is 3. The number of rotatable bonds is 3. The number of aromatic nitrogens is 2. The zero-order valence-electron chi connectivity index (χ0n) is 19.3. The highest BCUT2D eigenvalue weighted by molar-refractivity contribution is 7.90. The Hall–Kier alpha value is -2.14. The van der Waals surface area contributed by atoms with Gasteiger partial charge in [-0.2, -0.15) is 5.26 Å². The van der Waals surface area contributed by atoms with Crippen LogP contribution in [-0.2, 0) is 16.8 Å². The number of benzene rings is 1. The molecule has 7 heteroatoms. The summed E-state index contributed by atoms with van der Waals surface area (Å²) in [7, 11) is 0. The third-order valence-corrected chi connectivity index (χ3v) is 9.28. The quantitative estimate of drug-likeness (QED) is 0.711. The molecule has 5 rings (SSSR count). The van der Waals surface area contributed by atoms with E-state index >= 15 is 0 Å². The summed E-state index contributed by atoms with van der Waals surface area (Å²) in [6, 6.07) is 12.7. The molecular formula is C25H31N5OS. The maximum absolute atomic E-state index is 13.2. The van der Waals surface area contributed by atoms with Crippen LogP contribution in [-0.4, -0.2) is 32.4 Å². The molecular weight excluding hydrogens is 418 g/mol. The summed E-state index contributed by atoms with van der Waals surface area (Å²) in [6.07, 6.45) is 4.37. The molecule has 1 N–H and O–H groups in total. The number of nitriles is 1. The summed E-state index contributed by atoms with van der Waals surface area (Å²) in [5, 5.41) is 9.32. The normalized spacial score (nSPS) is 23.8. The van der Waals surface area contributed by atoms with Crippen LogP contribution < -0.4 is 9.62 Å². The molecule has 168 valence electrons. The largest absolute Gasteiger partial charge is 0.598 e. The number of aryl methyl sites for hydroxylation is 1. The van der Waals surface area contributed by atoms with Crippen molar-refractivity contribution >= 4 is 17.3 Å². The van der Waals surface area contributed by atoms with E-state index in [0.29, 0.717) is 11.6 Å². The second-order valence-corrected chi connectivity index (χ2v) is 12.5. The van der Waals surface area contributed by atoms with E-state index in [0.717, 1.165) is 31.6 Å². The summed E-state index contributed by atoms with van der Waals surface area (Å²) in [5.74, 6) is 0.652. The van der Waals surface area contributed by atoms with Gasteiger partial charge in [-0.3, -0.25) is 0 Å². The van der Waals surface area contributed by atoms with Crippen LogP contribution in [0.25, 0.3) is 0 Å². The van der Waals surface area contributed by atoms with Gasteiger partial charge in [-0.25, -0.2) is 9.97 Å². The molecule has 1 aromatic carbocycles. The van der Waals surface area contributed by atoms with Crippen molar-refractivity contribution in [2.75, 3.05) is 18.0 Å². The first-order valence-corrected chi connectivity index (χ1v) is 12.6. The molecule has 2 fully saturated rings. The van der Waals surface area contributed by atoms with Crippen LogP contribution in [0.15, 0.2) is 30.3 Å². The van der Waals surface area contributed by atoms with Crippen molar-refractivity contribution in [2.45, 2.75) is 69.6 Å². The monoisotopic (exact) mass is 449 g/mol. The molecule has 2 atom stereocenters. The molecule has 0 radical (unpaired) electrons. The van der Waals surface area contributed by atoms with Crippen molar-refractivity contribution in [2.24, 2.45) is 5.41 Å². The van der Waals surface area contributed by atoms with Gasteiger partial charge in [0.2, 0.25) is 5.95 Å². The first-order chi connectivity index (χ1) is 15.2. The summed E-state index contributed by atoms with van der Waals surface area (Å²) < 4.78 is 16.5. The van der Waals surface area contributed by atoms with Crippen molar-refractivity contribution in [3.63, 3.8) is 0 Å². The zero-order chi connectivity index (χ0) is 22.7. The second-order valence-electron chi connectivity index (χ2n) is 10.6. The van der Waals surface area contributed by atoms with Gasteiger partial charge in [0.25, 0.3) is 0 Å². The lowest BCUT2D eigenvalue weighted by molar-refractivity contribution is 0.121. The maximum Gasteiger partial charge on any atom is 0.226 e. The van der Waals surface area contributed by atoms with E-state index in [1.54, 1.807) is 6.07 Å². The van der Waals surface area contributed by atoms with Gasteiger partial charge in [0, 0.05) is 41.0 Å². The topological polar surface area (TPSA) is 87.9 Å². The van der Waals surface area contributed by atoms with Crippen LogP contribution in [0, 0.1) is 23.7 Å². The molecule has 32 heavy (non-hydrogen) atoms. The van der Waals surface area contributed by atoms with Crippen molar-refractivity contribution < 1.29 is 4.55 Å². The molecule has 2 aliphatic carbocycles. The van der Waals surface area contributed by atoms with Gasteiger partial charge >= 0.3 is 0 Å². The molecule has 1 aromatic heterocycles. The predicted octanol–water partition coefficient (Wildman–Crippen LogP) is 4.08. The molecule has 0 bridgehead atoms. The van der Waals surface area contributed by atoms with Crippen molar-refractivity contribution in [1.29, 1.82) is 5.26 Å². The smallest absolute Gasteiger partial charge is 0.226 e. The SMILES string of the molecule is Cc1cc(C#N)nc(N2CCC3(CC2)[C@H](N[S+]([O-])C(C)(C)C)c2ccccc2C32CC2)n1. The highest BCUT2D eigenvalue weighted by Gasteiger charge is 2.69. The van der Waals surface area contributed by atoms with Crippen LogP contribution in [0.5, 0.6) is 0 Å². The minimum atomic E-state index is -1.14. The molecule has 1 unspecified atom stereocenters. The molecule has 1 saturated carbocycles. The minimum Gasteiger partial charge on any atom is -0.598 e. The summed E-state index contributed by atoms with van der Waals surface area (Å²) >= 11 is -1.14. The molecule has 0 amide bonds. The fourth-order valence-electron chi connectivity index (χ4n) is 6.00. The van der Waals surface area contributed by atoms with Gasteiger partial charge in [0.1, 0.15) is 16.5 Å². The number of piperidine rings is 1. The summed E-state index contributed by atoms with van der Waals surface area (Å²) in [6.45, 7) is 9.67. The van der Waals surface area contributed by atoms with Gasteiger partial charge < -0.3 is 9.45 Å². The maximum atomic E-state index is 13.2. The first kappa shape index (κ1) is 21.7. The summed E-state index contributed by atoms with van der Waals surface area (Å²) in [5.41, 5.74) is 4.24. The molecule has 2 heterocycles. The molecule has 6 nitrogen and oxygen atoms in total. The van der Waals surface area contributed by atoms with Crippen LogP contribution >= 0.6 is 0 Å². The van der Waals surface area contributed by atoms with Crippen molar-refractivity contribution in [1.82, 2.24) is 14.7 Å². The fraction of sp³-hybridized carbons (Fsp3) is 0.560. The van der Waals surface area contributed by atoms with E-state index < -0.39 is 11.4 Å². The Morgan fingerprint density at radius 2 is 1.84 bits per heavy atom. The third kappa shape index (κ3) is 3.23. The van der Waals surface area contributed by atoms with E-state index in [1.165, 1.54) is 24.0 Å². The van der Waals surface area contributed by atoms with E-state index in [1.807, 2.05) is 27.7 Å². The molecule has 3 aliphatic rings. The van der Waals surface area contributed by atoms with Crippen molar-refractivity contribution in [3.05, 3.63) is 52.8 Å². The van der Waals surface area contributed by atoms with Crippen LogP contribution in [0.3, 0.4) is 0 Å². The van der Waals surface area contributed by atoms with Crippen LogP contribution in [0.4, 0.5) is 5.95 Å². The first-order valence-electron chi connectivity index (χ1n) is 11.5. The van der Waals surface area contributed by atoms with Crippen molar-refractivity contribution in [3.8, 4) is 6.07 Å². The van der Waals surface area contributed by atoms with E-state index in [2.05, 4.69) is 49.9 Å². The number of nitrogens with zero attached hydrogens (tertiary/aromatic N) is 4. The molecule has 1 saturated heterocycles. The lowest BCUT2D eigenvalue weighted by Gasteiger charge is -2.47. The van der Waals surface area contributed by atoms with Gasteiger partial charge in [-0.05, 0) is 70.6 Å². The Labute approximate surface area is 193 Å².